The predicted octanol–water partition coefficient (Wildman–Crippen LogP) is 1.74. The first-order valence-electron chi connectivity index (χ1n) is 2.90. The number of hydrogen-bond donors (Lipinski definition) is 1. The molecular weight excluding hydrogens is 184 g/mol. The van der Waals surface area contributed by atoms with Gasteiger partial charge in [-0.25, -0.2) is 0 Å². The first-order chi connectivity index (χ1) is 4.20. The molecule has 0 saturated carbocycles. The van der Waals surface area contributed by atoms with E-state index < -0.39 is 6.29 Å². The SMILES string of the molecule is CC1=C(Br)OC(O)CC1. The molecule has 1 heterocycles. The Morgan fingerprint density at radius 3 is 2.89 bits per heavy atom. The fourth-order valence-electron chi connectivity index (χ4n) is 0.717. The van der Waals surface area contributed by atoms with Crippen molar-refractivity contribution in [3.63, 3.8) is 0 Å². The van der Waals surface area contributed by atoms with E-state index in [0.717, 1.165) is 6.42 Å². The minimum absolute atomic E-state index is 0.608. The highest BCUT2D eigenvalue weighted by Gasteiger charge is 2.14. The fraction of sp³-hybridized carbons (Fsp3) is 0.667. The average Bonchev–Trinajstić information content (AvgIpc) is 1.80. The topological polar surface area (TPSA) is 29.5 Å². The van der Waals surface area contributed by atoms with E-state index in [1.807, 2.05) is 6.92 Å². The number of halogens is 1. The van der Waals surface area contributed by atoms with Gasteiger partial charge >= 0.3 is 0 Å². The van der Waals surface area contributed by atoms with Crippen LogP contribution in [0.5, 0.6) is 0 Å². The molecule has 0 amide bonds. The molecule has 1 atom stereocenters. The van der Waals surface area contributed by atoms with Crippen molar-refractivity contribution in [2.24, 2.45) is 0 Å². The number of rotatable bonds is 0. The molecule has 0 aromatic rings. The average molecular weight is 193 g/mol. The molecule has 9 heavy (non-hydrogen) atoms. The van der Waals surface area contributed by atoms with Crippen molar-refractivity contribution in [3.05, 3.63) is 10.2 Å². The zero-order valence-corrected chi connectivity index (χ0v) is 6.81. The molecule has 0 radical (unpaired) electrons. The van der Waals surface area contributed by atoms with Crippen LogP contribution in [0.3, 0.4) is 0 Å². The van der Waals surface area contributed by atoms with Gasteiger partial charge in [0.25, 0.3) is 0 Å². The van der Waals surface area contributed by atoms with Crippen LogP contribution in [-0.4, -0.2) is 11.4 Å². The molecule has 1 N–H and O–H groups in total. The molecule has 0 bridgehead atoms. The van der Waals surface area contributed by atoms with E-state index in [1.165, 1.54) is 5.57 Å². The quantitative estimate of drug-likeness (QED) is 0.634. The van der Waals surface area contributed by atoms with Crippen molar-refractivity contribution in [2.45, 2.75) is 26.1 Å². The van der Waals surface area contributed by atoms with Crippen LogP contribution >= 0.6 is 15.9 Å². The lowest BCUT2D eigenvalue weighted by Gasteiger charge is -2.19. The summed E-state index contributed by atoms with van der Waals surface area (Å²) in [6, 6.07) is 0. The standard InChI is InChI=1S/C6H9BrO2/c1-4-2-3-5(8)9-6(4)7/h5,8H,2-3H2,1H3. The second-order valence-corrected chi connectivity index (χ2v) is 2.89. The summed E-state index contributed by atoms with van der Waals surface area (Å²) in [5.41, 5.74) is 1.17. The Kier molecular flexibility index (Phi) is 2.13. The van der Waals surface area contributed by atoms with Crippen LogP contribution in [0.15, 0.2) is 10.2 Å². The number of aliphatic hydroxyl groups excluding tert-OH is 1. The Labute approximate surface area is 62.6 Å². The summed E-state index contributed by atoms with van der Waals surface area (Å²) < 4.78 is 5.65. The van der Waals surface area contributed by atoms with Gasteiger partial charge in [0.1, 0.15) is 0 Å². The molecule has 3 heteroatoms. The fourth-order valence-corrected chi connectivity index (χ4v) is 1.13. The Balaban J connectivity index is 2.61. The van der Waals surface area contributed by atoms with Crippen molar-refractivity contribution in [1.29, 1.82) is 0 Å². The number of allylic oxidation sites excluding steroid dienone is 1. The molecular formula is C6H9BrO2. The van der Waals surface area contributed by atoms with Crippen LogP contribution in [-0.2, 0) is 4.74 Å². The minimum atomic E-state index is -0.608. The minimum Gasteiger partial charge on any atom is -0.458 e. The second-order valence-electron chi connectivity index (χ2n) is 2.17. The molecule has 0 saturated heterocycles. The highest BCUT2D eigenvalue weighted by Crippen LogP contribution is 2.25. The Bertz CT molecular complexity index is 142. The van der Waals surface area contributed by atoms with Crippen molar-refractivity contribution in [3.8, 4) is 0 Å². The monoisotopic (exact) mass is 192 g/mol. The van der Waals surface area contributed by atoms with Gasteiger partial charge in [0.05, 0.1) is 0 Å². The molecule has 1 aliphatic heterocycles. The van der Waals surface area contributed by atoms with Gasteiger partial charge in [0, 0.05) is 6.42 Å². The summed E-state index contributed by atoms with van der Waals surface area (Å²) in [6.07, 6.45) is 1.02. The van der Waals surface area contributed by atoms with Crippen LogP contribution in [0.2, 0.25) is 0 Å². The normalized spacial score (nSPS) is 28.1. The molecule has 0 fully saturated rings. The van der Waals surface area contributed by atoms with E-state index in [1.54, 1.807) is 0 Å². The third kappa shape index (κ3) is 1.69. The maximum atomic E-state index is 8.91. The lowest BCUT2D eigenvalue weighted by Crippen LogP contribution is -2.14. The molecule has 1 aliphatic rings. The van der Waals surface area contributed by atoms with Gasteiger partial charge in [-0.1, -0.05) is 0 Å². The van der Waals surface area contributed by atoms with Crippen molar-refractivity contribution < 1.29 is 9.84 Å². The third-order valence-electron chi connectivity index (χ3n) is 1.34. The van der Waals surface area contributed by atoms with E-state index in [0.29, 0.717) is 11.1 Å². The molecule has 1 rings (SSSR count). The molecule has 0 aliphatic carbocycles. The van der Waals surface area contributed by atoms with Gasteiger partial charge in [-0.3, -0.25) is 0 Å². The first kappa shape index (κ1) is 7.09. The summed E-state index contributed by atoms with van der Waals surface area (Å²) in [5.74, 6) is 0. The van der Waals surface area contributed by atoms with Gasteiger partial charge < -0.3 is 9.84 Å². The maximum Gasteiger partial charge on any atom is 0.198 e. The Morgan fingerprint density at radius 1 is 1.78 bits per heavy atom. The van der Waals surface area contributed by atoms with Crippen molar-refractivity contribution >= 4 is 15.9 Å². The van der Waals surface area contributed by atoms with E-state index in [9.17, 15) is 0 Å². The van der Waals surface area contributed by atoms with Gasteiger partial charge in [-0.2, -0.15) is 0 Å². The highest BCUT2D eigenvalue weighted by molar-refractivity contribution is 9.11. The summed E-state index contributed by atoms with van der Waals surface area (Å²) in [7, 11) is 0. The number of hydrogen-bond acceptors (Lipinski definition) is 2. The maximum absolute atomic E-state index is 8.91. The first-order valence-corrected chi connectivity index (χ1v) is 3.69. The highest BCUT2D eigenvalue weighted by atomic mass is 79.9. The summed E-state index contributed by atoms with van der Waals surface area (Å²) >= 11 is 3.19. The molecule has 1 unspecified atom stereocenters. The molecule has 2 nitrogen and oxygen atoms in total. The second kappa shape index (κ2) is 2.71. The number of aliphatic hydroxyl groups is 1. The van der Waals surface area contributed by atoms with Crippen molar-refractivity contribution in [1.82, 2.24) is 0 Å². The zero-order valence-electron chi connectivity index (χ0n) is 5.22. The van der Waals surface area contributed by atoms with Crippen LogP contribution in [0.1, 0.15) is 19.8 Å². The Hall–Kier alpha value is -0.0200. The predicted molar refractivity (Wildman–Crippen MR) is 38.0 cm³/mol. The lowest BCUT2D eigenvalue weighted by molar-refractivity contribution is -0.0679. The van der Waals surface area contributed by atoms with Gasteiger partial charge in [-0.05, 0) is 34.8 Å². The van der Waals surface area contributed by atoms with Crippen molar-refractivity contribution in [2.75, 3.05) is 0 Å². The van der Waals surface area contributed by atoms with Gasteiger partial charge in [0.15, 0.2) is 11.0 Å². The zero-order chi connectivity index (χ0) is 6.85. The van der Waals surface area contributed by atoms with Gasteiger partial charge in [-0.15, -0.1) is 0 Å². The summed E-state index contributed by atoms with van der Waals surface area (Å²) in [4.78, 5) is 0. The lowest BCUT2D eigenvalue weighted by atomic mass is 10.1. The van der Waals surface area contributed by atoms with Crippen LogP contribution in [0.4, 0.5) is 0 Å². The smallest absolute Gasteiger partial charge is 0.198 e. The van der Waals surface area contributed by atoms with Crippen LogP contribution in [0.25, 0.3) is 0 Å². The van der Waals surface area contributed by atoms with E-state index >= 15 is 0 Å². The largest absolute Gasteiger partial charge is 0.458 e. The third-order valence-corrected chi connectivity index (χ3v) is 2.21. The molecule has 52 valence electrons. The number of ether oxygens (including phenoxy) is 1. The summed E-state index contributed by atoms with van der Waals surface area (Å²) in [6.45, 7) is 1.98. The van der Waals surface area contributed by atoms with E-state index in [4.69, 9.17) is 9.84 Å². The van der Waals surface area contributed by atoms with E-state index in [-0.39, 0.29) is 0 Å². The molecule has 0 aromatic carbocycles. The summed E-state index contributed by atoms with van der Waals surface area (Å²) in [5, 5.41) is 8.91. The van der Waals surface area contributed by atoms with Crippen LogP contribution < -0.4 is 0 Å². The molecule has 0 aromatic heterocycles. The van der Waals surface area contributed by atoms with Gasteiger partial charge in [0.2, 0.25) is 0 Å². The Morgan fingerprint density at radius 2 is 2.44 bits per heavy atom. The molecule has 0 spiro atoms. The van der Waals surface area contributed by atoms with Crippen LogP contribution in [0, 0.1) is 0 Å². The van der Waals surface area contributed by atoms with E-state index in [2.05, 4.69) is 15.9 Å².